The number of likely N-dealkylation sites (tertiary alicyclic amines) is 1. The number of aliphatic imine (C=N–C) groups is 1. The largest absolute Gasteiger partial charge is 0.357 e. The Morgan fingerprint density at radius 3 is 2.76 bits per heavy atom. The van der Waals surface area contributed by atoms with Gasteiger partial charge in [0, 0.05) is 44.2 Å². The van der Waals surface area contributed by atoms with Crippen LogP contribution in [-0.2, 0) is 4.79 Å². The van der Waals surface area contributed by atoms with E-state index in [-0.39, 0.29) is 35.8 Å². The van der Waals surface area contributed by atoms with E-state index >= 15 is 0 Å². The minimum Gasteiger partial charge on any atom is -0.357 e. The third-order valence-electron chi connectivity index (χ3n) is 5.55. The highest BCUT2D eigenvalue weighted by Crippen LogP contribution is 2.31. The van der Waals surface area contributed by atoms with E-state index in [1.54, 1.807) is 0 Å². The van der Waals surface area contributed by atoms with Crippen molar-refractivity contribution in [2.24, 2.45) is 10.9 Å². The molecular weight excluding hydrogens is 477 g/mol. The number of fused-ring (bicyclic) bond motifs is 1. The second-order valence-corrected chi connectivity index (χ2v) is 8.10. The number of hydrogen-bond acceptors (Lipinski definition) is 3. The number of nitrogens with zero attached hydrogens (tertiary/aromatic N) is 2. The Kier molecular flexibility index (Phi) is 10.2. The number of benzene rings is 1. The van der Waals surface area contributed by atoms with Crippen LogP contribution in [-0.4, -0.2) is 56.0 Å². The second-order valence-electron chi connectivity index (χ2n) is 8.10. The van der Waals surface area contributed by atoms with Crippen LogP contribution >= 0.6 is 24.0 Å². The van der Waals surface area contributed by atoms with Crippen LogP contribution in [0.2, 0.25) is 0 Å². The normalized spacial score (nSPS) is 20.8. The van der Waals surface area contributed by atoms with E-state index in [0.717, 1.165) is 31.3 Å². The predicted octanol–water partition coefficient (Wildman–Crippen LogP) is 3.41. The topological polar surface area (TPSA) is 68.8 Å². The molecule has 2 aliphatic heterocycles. The summed E-state index contributed by atoms with van der Waals surface area (Å²) in [5.41, 5.74) is 2.13. The Hall–Kier alpha value is -1.35. The van der Waals surface area contributed by atoms with Gasteiger partial charge in [0.05, 0.1) is 0 Å². The molecule has 1 aromatic rings. The number of rotatable bonds is 7. The number of carbonyl (C=O) groups excluding carboxylic acids is 1. The van der Waals surface area contributed by atoms with Gasteiger partial charge in [-0.2, -0.15) is 0 Å². The summed E-state index contributed by atoms with van der Waals surface area (Å²) in [6.07, 6.45) is 4.54. The first-order chi connectivity index (χ1) is 13.7. The summed E-state index contributed by atoms with van der Waals surface area (Å²) < 4.78 is 0. The molecule has 0 saturated carbocycles. The molecular formula is C22H36IN5O. The van der Waals surface area contributed by atoms with Crippen molar-refractivity contribution in [3.8, 4) is 0 Å². The monoisotopic (exact) mass is 513 g/mol. The maximum Gasteiger partial charge on any atom is 0.225 e. The molecule has 29 heavy (non-hydrogen) atoms. The highest BCUT2D eigenvalue weighted by Gasteiger charge is 2.24. The molecule has 1 aromatic carbocycles. The predicted molar refractivity (Wildman–Crippen MR) is 131 cm³/mol. The van der Waals surface area contributed by atoms with Crippen molar-refractivity contribution < 1.29 is 4.79 Å². The molecule has 0 aliphatic carbocycles. The average molecular weight is 513 g/mol. The van der Waals surface area contributed by atoms with Crippen molar-refractivity contribution in [1.29, 1.82) is 0 Å². The van der Waals surface area contributed by atoms with Gasteiger partial charge in [-0.25, -0.2) is 0 Å². The molecule has 0 radical (unpaired) electrons. The zero-order chi connectivity index (χ0) is 19.8. The van der Waals surface area contributed by atoms with E-state index < -0.39 is 0 Å². The van der Waals surface area contributed by atoms with Crippen LogP contribution in [0.4, 0.5) is 5.69 Å². The number of anilines is 1. The molecule has 3 N–H and O–H groups in total. The Balaban J connectivity index is 0.00000300. The molecule has 1 amide bonds. The lowest BCUT2D eigenvalue weighted by atomic mass is 9.90. The molecule has 7 heteroatoms. The SMILES string of the molecule is CCNC(=NCC(C)CN1CCCCC1)NCC1CC(=O)Nc2ccccc21.I. The Morgan fingerprint density at radius 2 is 2.00 bits per heavy atom. The summed E-state index contributed by atoms with van der Waals surface area (Å²) in [6, 6.07) is 8.07. The summed E-state index contributed by atoms with van der Waals surface area (Å²) in [6.45, 7) is 10.3. The van der Waals surface area contributed by atoms with Gasteiger partial charge in [0.15, 0.2) is 5.96 Å². The zero-order valence-electron chi connectivity index (χ0n) is 17.7. The van der Waals surface area contributed by atoms with E-state index in [2.05, 4.69) is 40.8 Å². The van der Waals surface area contributed by atoms with Gasteiger partial charge in [-0.05, 0) is 50.4 Å². The van der Waals surface area contributed by atoms with Crippen molar-refractivity contribution in [3.05, 3.63) is 29.8 Å². The molecule has 2 unspecified atom stereocenters. The summed E-state index contributed by atoms with van der Waals surface area (Å²) in [5.74, 6) is 1.63. The van der Waals surface area contributed by atoms with Crippen molar-refractivity contribution in [3.63, 3.8) is 0 Å². The van der Waals surface area contributed by atoms with Gasteiger partial charge in [-0.3, -0.25) is 9.79 Å². The van der Waals surface area contributed by atoms with Crippen molar-refractivity contribution in [2.75, 3.05) is 44.6 Å². The minimum absolute atomic E-state index is 0. The summed E-state index contributed by atoms with van der Waals surface area (Å²) >= 11 is 0. The number of carbonyl (C=O) groups is 1. The highest BCUT2D eigenvalue weighted by atomic mass is 127. The van der Waals surface area contributed by atoms with E-state index in [9.17, 15) is 4.79 Å². The van der Waals surface area contributed by atoms with E-state index in [1.165, 1.54) is 37.9 Å². The molecule has 162 valence electrons. The first kappa shape index (κ1) is 23.9. The molecule has 0 bridgehead atoms. The number of nitrogens with one attached hydrogen (secondary N) is 3. The lowest BCUT2D eigenvalue weighted by Gasteiger charge is -2.28. The van der Waals surface area contributed by atoms with Gasteiger partial charge in [0.1, 0.15) is 0 Å². The molecule has 2 atom stereocenters. The van der Waals surface area contributed by atoms with Crippen LogP contribution in [0.25, 0.3) is 0 Å². The smallest absolute Gasteiger partial charge is 0.225 e. The minimum atomic E-state index is 0. The lowest BCUT2D eigenvalue weighted by molar-refractivity contribution is -0.116. The maximum absolute atomic E-state index is 12.0. The van der Waals surface area contributed by atoms with Gasteiger partial charge in [0.25, 0.3) is 0 Å². The number of guanidine groups is 1. The standard InChI is InChI=1S/C22H35N5O.HI/c1-3-23-22(24-14-17(2)16-27-11-7-4-8-12-27)25-15-18-13-21(28)26-20-10-6-5-9-19(18)20;/h5-6,9-10,17-18H,3-4,7-8,11-16H2,1-2H3,(H,26,28)(H2,23,24,25);1H. The number of hydrogen-bond donors (Lipinski definition) is 3. The fraction of sp³-hybridized carbons (Fsp3) is 0.636. The Labute approximate surface area is 192 Å². The Morgan fingerprint density at radius 1 is 1.24 bits per heavy atom. The lowest BCUT2D eigenvalue weighted by Crippen LogP contribution is -2.41. The number of para-hydroxylation sites is 1. The Bertz CT molecular complexity index is 675. The van der Waals surface area contributed by atoms with Gasteiger partial charge in [-0.15, -0.1) is 24.0 Å². The van der Waals surface area contributed by atoms with Crippen LogP contribution in [0.5, 0.6) is 0 Å². The van der Waals surface area contributed by atoms with Gasteiger partial charge >= 0.3 is 0 Å². The third kappa shape index (κ3) is 7.44. The van der Waals surface area contributed by atoms with Gasteiger partial charge in [-0.1, -0.05) is 31.5 Å². The molecule has 1 saturated heterocycles. The third-order valence-corrected chi connectivity index (χ3v) is 5.55. The first-order valence-electron chi connectivity index (χ1n) is 10.8. The summed E-state index contributed by atoms with van der Waals surface area (Å²) in [4.78, 5) is 19.4. The van der Waals surface area contributed by atoms with Gasteiger partial charge < -0.3 is 20.9 Å². The zero-order valence-corrected chi connectivity index (χ0v) is 20.1. The van der Waals surface area contributed by atoms with Crippen LogP contribution < -0.4 is 16.0 Å². The molecule has 0 spiro atoms. The molecule has 0 aromatic heterocycles. The quantitative estimate of drug-likeness (QED) is 0.297. The first-order valence-corrected chi connectivity index (χ1v) is 10.8. The average Bonchev–Trinajstić information content (AvgIpc) is 2.70. The van der Waals surface area contributed by atoms with Gasteiger partial charge in [0.2, 0.25) is 5.91 Å². The molecule has 1 fully saturated rings. The number of halogens is 1. The van der Waals surface area contributed by atoms with Crippen LogP contribution in [0.1, 0.15) is 51.0 Å². The highest BCUT2D eigenvalue weighted by molar-refractivity contribution is 14.0. The second kappa shape index (κ2) is 12.4. The van der Waals surface area contributed by atoms with Crippen molar-refractivity contribution >= 4 is 41.5 Å². The number of amides is 1. The molecule has 2 heterocycles. The van der Waals surface area contributed by atoms with Crippen molar-refractivity contribution in [2.45, 2.75) is 45.4 Å². The molecule has 2 aliphatic rings. The van der Waals surface area contributed by atoms with Crippen LogP contribution in [0.3, 0.4) is 0 Å². The van der Waals surface area contributed by atoms with E-state index in [4.69, 9.17) is 4.99 Å². The molecule has 3 rings (SSSR count). The van der Waals surface area contributed by atoms with Crippen LogP contribution in [0.15, 0.2) is 29.3 Å². The summed E-state index contributed by atoms with van der Waals surface area (Å²) in [7, 11) is 0. The fourth-order valence-corrected chi connectivity index (χ4v) is 4.13. The van der Waals surface area contributed by atoms with E-state index in [1.807, 2.05) is 18.2 Å². The fourth-order valence-electron chi connectivity index (χ4n) is 4.13. The summed E-state index contributed by atoms with van der Waals surface area (Å²) in [5, 5.41) is 9.76. The maximum atomic E-state index is 12.0. The number of piperidine rings is 1. The van der Waals surface area contributed by atoms with Crippen molar-refractivity contribution in [1.82, 2.24) is 15.5 Å². The molecule has 6 nitrogen and oxygen atoms in total. The van der Waals surface area contributed by atoms with E-state index in [0.29, 0.717) is 18.9 Å². The van der Waals surface area contributed by atoms with Crippen LogP contribution in [0, 0.1) is 5.92 Å².